The third kappa shape index (κ3) is 6.47. The van der Waals surface area contributed by atoms with E-state index in [-0.39, 0.29) is 24.3 Å². The lowest BCUT2D eigenvalue weighted by Crippen LogP contribution is -2.35. The highest BCUT2D eigenvalue weighted by Gasteiger charge is 2.20. The Labute approximate surface area is 194 Å². The molecule has 0 unspecified atom stereocenters. The molecular formula is C25H31N3O5. The normalized spacial score (nSPS) is 13.1. The molecule has 8 nitrogen and oxygen atoms in total. The molecule has 0 bridgehead atoms. The summed E-state index contributed by atoms with van der Waals surface area (Å²) in [6.07, 6.45) is 1.50. The molecular weight excluding hydrogens is 422 g/mol. The Morgan fingerprint density at radius 2 is 1.73 bits per heavy atom. The molecule has 1 heterocycles. The summed E-state index contributed by atoms with van der Waals surface area (Å²) in [6, 6.07) is 12.3. The number of carbonyl (C=O) groups is 3. The van der Waals surface area contributed by atoms with E-state index in [0.717, 1.165) is 18.5 Å². The number of carbonyl (C=O) groups excluding carboxylic acids is 3. The summed E-state index contributed by atoms with van der Waals surface area (Å²) in [5.74, 6) is 0.763. The van der Waals surface area contributed by atoms with Crippen LogP contribution in [0.1, 0.15) is 42.6 Å². The summed E-state index contributed by atoms with van der Waals surface area (Å²) < 4.78 is 11.1. The van der Waals surface area contributed by atoms with E-state index in [1.165, 1.54) is 4.90 Å². The van der Waals surface area contributed by atoms with Crippen molar-refractivity contribution in [3.05, 3.63) is 53.6 Å². The van der Waals surface area contributed by atoms with E-state index in [0.29, 0.717) is 48.9 Å². The third-order valence-corrected chi connectivity index (χ3v) is 5.30. The molecule has 0 aliphatic carbocycles. The maximum Gasteiger partial charge on any atom is 0.254 e. The Morgan fingerprint density at radius 1 is 1.03 bits per heavy atom. The van der Waals surface area contributed by atoms with Crippen LogP contribution in [0.4, 0.5) is 5.69 Å². The maximum absolute atomic E-state index is 12.7. The van der Waals surface area contributed by atoms with Gasteiger partial charge in [-0.15, -0.1) is 0 Å². The fourth-order valence-corrected chi connectivity index (χ4v) is 3.68. The SMILES string of the molecule is CCOc1ccc(NC(=O)CN(C)C(=O)c2ccc(CN3CCCC3=O)cc2)cc1OCC. The van der Waals surface area contributed by atoms with E-state index in [1.54, 1.807) is 37.4 Å². The fourth-order valence-electron chi connectivity index (χ4n) is 3.68. The molecule has 3 amide bonds. The summed E-state index contributed by atoms with van der Waals surface area (Å²) in [5, 5.41) is 2.80. The summed E-state index contributed by atoms with van der Waals surface area (Å²) in [4.78, 5) is 40.2. The van der Waals surface area contributed by atoms with Gasteiger partial charge in [0.1, 0.15) is 0 Å². The largest absolute Gasteiger partial charge is 0.490 e. The van der Waals surface area contributed by atoms with Crippen LogP contribution < -0.4 is 14.8 Å². The summed E-state index contributed by atoms with van der Waals surface area (Å²) in [6.45, 7) is 5.98. The van der Waals surface area contributed by atoms with Crippen molar-refractivity contribution in [3.63, 3.8) is 0 Å². The smallest absolute Gasteiger partial charge is 0.254 e. The first-order valence-corrected chi connectivity index (χ1v) is 11.2. The lowest BCUT2D eigenvalue weighted by atomic mass is 10.1. The number of nitrogens with zero attached hydrogens (tertiary/aromatic N) is 2. The topological polar surface area (TPSA) is 88.2 Å². The molecule has 0 spiro atoms. The molecule has 1 saturated heterocycles. The van der Waals surface area contributed by atoms with Gasteiger partial charge in [-0.05, 0) is 50.1 Å². The van der Waals surface area contributed by atoms with Crippen LogP contribution in [0.5, 0.6) is 11.5 Å². The average Bonchev–Trinajstić information content (AvgIpc) is 3.20. The second-order valence-corrected chi connectivity index (χ2v) is 7.85. The number of rotatable bonds is 10. The van der Waals surface area contributed by atoms with E-state index < -0.39 is 0 Å². The first-order valence-electron chi connectivity index (χ1n) is 11.2. The predicted octanol–water partition coefficient (Wildman–Crippen LogP) is 3.32. The van der Waals surface area contributed by atoms with Crippen LogP contribution in [0.25, 0.3) is 0 Å². The van der Waals surface area contributed by atoms with Crippen molar-refractivity contribution in [1.29, 1.82) is 0 Å². The minimum Gasteiger partial charge on any atom is -0.490 e. The van der Waals surface area contributed by atoms with E-state index in [9.17, 15) is 14.4 Å². The van der Waals surface area contributed by atoms with Gasteiger partial charge < -0.3 is 24.6 Å². The Balaban J connectivity index is 1.56. The lowest BCUT2D eigenvalue weighted by Gasteiger charge is -2.18. The molecule has 1 aliphatic heterocycles. The van der Waals surface area contributed by atoms with Gasteiger partial charge in [-0.2, -0.15) is 0 Å². The van der Waals surface area contributed by atoms with E-state index in [2.05, 4.69) is 5.32 Å². The quantitative estimate of drug-likeness (QED) is 0.596. The highest BCUT2D eigenvalue weighted by Crippen LogP contribution is 2.30. The summed E-state index contributed by atoms with van der Waals surface area (Å²) in [7, 11) is 1.59. The average molecular weight is 454 g/mol. The number of benzene rings is 2. The number of ether oxygens (including phenoxy) is 2. The Hall–Kier alpha value is -3.55. The van der Waals surface area contributed by atoms with Gasteiger partial charge in [0.2, 0.25) is 11.8 Å². The van der Waals surface area contributed by atoms with Gasteiger partial charge >= 0.3 is 0 Å². The molecule has 0 radical (unpaired) electrons. The molecule has 1 fully saturated rings. The van der Waals surface area contributed by atoms with Gasteiger partial charge in [-0.25, -0.2) is 0 Å². The van der Waals surface area contributed by atoms with Gasteiger partial charge in [-0.3, -0.25) is 14.4 Å². The minimum atomic E-state index is -0.318. The van der Waals surface area contributed by atoms with Gasteiger partial charge in [0, 0.05) is 43.9 Å². The monoisotopic (exact) mass is 453 g/mol. The van der Waals surface area contributed by atoms with Crippen molar-refractivity contribution < 1.29 is 23.9 Å². The number of likely N-dealkylation sites (tertiary alicyclic amines) is 1. The molecule has 3 rings (SSSR count). The number of likely N-dealkylation sites (N-methyl/N-ethyl adjacent to an activating group) is 1. The third-order valence-electron chi connectivity index (χ3n) is 5.30. The van der Waals surface area contributed by atoms with Crippen molar-refractivity contribution in [3.8, 4) is 11.5 Å². The molecule has 0 saturated carbocycles. The highest BCUT2D eigenvalue weighted by atomic mass is 16.5. The van der Waals surface area contributed by atoms with Crippen LogP contribution in [0.3, 0.4) is 0 Å². The zero-order chi connectivity index (χ0) is 23.8. The standard InChI is InChI=1S/C25H31N3O5/c1-4-32-21-13-12-20(15-22(21)33-5-2)26-23(29)17-27(3)25(31)19-10-8-18(9-11-19)16-28-14-6-7-24(28)30/h8-13,15H,4-7,14,16-17H2,1-3H3,(H,26,29). The first-order chi connectivity index (χ1) is 15.9. The number of hydrogen-bond donors (Lipinski definition) is 1. The molecule has 2 aromatic carbocycles. The second-order valence-electron chi connectivity index (χ2n) is 7.85. The summed E-state index contributed by atoms with van der Waals surface area (Å²) >= 11 is 0. The van der Waals surface area contributed by atoms with Crippen molar-refractivity contribution in [1.82, 2.24) is 9.80 Å². The number of anilines is 1. The van der Waals surface area contributed by atoms with Gasteiger partial charge in [-0.1, -0.05) is 12.1 Å². The summed E-state index contributed by atoms with van der Waals surface area (Å²) in [5.41, 5.74) is 2.03. The van der Waals surface area contributed by atoms with Crippen LogP contribution in [0.15, 0.2) is 42.5 Å². The van der Waals surface area contributed by atoms with Crippen LogP contribution in [-0.4, -0.2) is 60.9 Å². The van der Waals surface area contributed by atoms with Crippen LogP contribution in [0.2, 0.25) is 0 Å². The number of nitrogens with one attached hydrogen (secondary N) is 1. The molecule has 33 heavy (non-hydrogen) atoms. The van der Waals surface area contributed by atoms with Crippen LogP contribution in [-0.2, 0) is 16.1 Å². The molecule has 8 heteroatoms. The number of hydrogen-bond acceptors (Lipinski definition) is 5. The second kappa shape index (κ2) is 11.4. The Kier molecular flexibility index (Phi) is 8.29. The zero-order valence-electron chi connectivity index (χ0n) is 19.4. The molecule has 0 aromatic heterocycles. The fraction of sp³-hybridized carbons (Fsp3) is 0.400. The van der Waals surface area contributed by atoms with Crippen molar-refractivity contribution in [2.24, 2.45) is 0 Å². The van der Waals surface area contributed by atoms with Crippen molar-refractivity contribution >= 4 is 23.4 Å². The van der Waals surface area contributed by atoms with E-state index in [4.69, 9.17) is 9.47 Å². The van der Waals surface area contributed by atoms with Gasteiger partial charge in [0.05, 0.1) is 19.8 Å². The minimum absolute atomic E-state index is 0.0972. The van der Waals surface area contributed by atoms with Crippen molar-refractivity contribution in [2.45, 2.75) is 33.2 Å². The molecule has 176 valence electrons. The van der Waals surface area contributed by atoms with Crippen LogP contribution >= 0.6 is 0 Å². The molecule has 0 atom stereocenters. The Morgan fingerprint density at radius 3 is 2.36 bits per heavy atom. The van der Waals surface area contributed by atoms with Gasteiger partial charge in [0.25, 0.3) is 5.91 Å². The van der Waals surface area contributed by atoms with E-state index in [1.807, 2.05) is 30.9 Å². The first kappa shape index (κ1) is 24.1. The van der Waals surface area contributed by atoms with Gasteiger partial charge in [0.15, 0.2) is 11.5 Å². The molecule has 1 N–H and O–H groups in total. The molecule has 1 aliphatic rings. The number of amides is 3. The zero-order valence-corrected chi connectivity index (χ0v) is 19.4. The molecule has 2 aromatic rings. The predicted molar refractivity (Wildman–Crippen MR) is 125 cm³/mol. The lowest BCUT2D eigenvalue weighted by molar-refractivity contribution is -0.128. The highest BCUT2D eigenvalue weighted by molar-refractivity contribution is 5.99. The maximum atomic E-state index is 12.7. The van der Waals surface area contributed by atoms with Crippen molar-refractivity contribution in [2.75, 3.05) is 38.7 Å². The van der Waals surface area contributed by atoms with Crippen LogP contribution in [0, 0.1) is 0 Å². The Bertz CT molecular complexity index is 990. The van der Waals surface area contributed by atoms with E-state index >= 15 is 0 Å².